The molecular weight excluding hydrogens is 163 g/mol. The monoisotopic (exact) mass is 177 g/mol. The molecule has 1 fully saturated rings. The maximum Gasteiger partial charge on any atom is 0.127 e. The Morgan fingerprint density at radius 1 is 1.23 bits per heavy atom. The smallest absolute Gasteiger partial charge is 0.127 e. The molecule has 1 heteroatoms. The van der Waals surface area contributed by atoms with E-state index in [-0.39, 0.29) is 5.82 Å². The van der Waals surface area contributed by atoms with E-state index < -0.39 is 0 Å². The van der Waals surface area contributed by atoms with Gasteiger partial charge in [-0.1, -0.05) is 31.4 Å². The van der Waals surface area contributed by atoms with E-state index in [9.17, 15) is 4.39 Å². The van der Waals surface area contributed by atoms with Gasteiger partial charge >= 0.3 is 0 Å². The van der Waals surface area contributed by atoms with E-state index in [1.54, 1.807) is 0 Å². The predicted molar refractivity (Wildman–Crippen MR) is 51.1 cm³/mol. The summed E-state index contributed by atoms with van der Waals surface area (Å²) in [4.78, 5) is 0. The molecule has 13 heavy (non-hydrogen) atoms. The zero-order valence-electron chi connectivity index (χ0n) is 7.72. The minimum absolute atomic E-state index is 0.0746. The van der Waals surface area contributed by atoms with Crippen LogP contribution in [-0.4, -0.2) is 0 Å². The lowest BCUT2D eigenvalue weighted by atomic mass is 9.84. The molecule has 1 aliphatic carbocycles. The maximum absolute atomic E-state index is 13.3. The molecule has 69 valence electrons. The number of benzene rings is 1. The zero-order chi connectivity index (χ0) is 9.10. The molecule has 0 bridgehead atoms. The van der Waals surface area contributed by atoms with Gasteiger partial charge in [-0.25, -0.2) is 4.39 Å². The van der Waals surface area contributed by atoms with Gasteiger partial charge in [0, 0.05) is 0 Å². The molecular formula is C12H14F. The largest absolute Gasteiger partial charge is 0.207 e. The molecule has 0 atom stereocenters. The van der Waals surface area contributed by atoms with Crippen LogP contribution in [0.25, 0.3) is 0 Å². The van der Waals surface area contributed by atoms with Crippen LogP contribution in [0.15, 0.2) is 18.2 Å². The van der Waals surface area contributed by atoms with Crippen LogP contribution in [0.2, 0.25) is 0 Å². The van der Waals surface area contributed by atoms with Crippen LogP contribution in [0.4, 0.5) is 4.39 Å². The number of hydrogen-bond acceptors (Lipinski definition) is 0. The zero-order valence-corrected chi connectivity index (χ0v) is 7.72. The Kier molecular flexibility index (Phi) is 2.62. The van der Waals surface area contributed by atoms with E-state index >= 15 is 0 Å². The molecule has 2 rings (SSSR count). The molecule has 0 N–H and O–H groups in total. The van der Waals surface area contributed by atoms with Gasteiger partial charge in [0.25, 0.3) is 0 Å². The van der Waals surface area contributed by atoms with Crippen LogP contribution in [0.5, 0.6) is 0 Å². The first kappa shape index (κ1) is 8.74. The predicted octanol–water partition coefficient (Wildman–Crippen LogP) is 3.67. The first-order chi connectivity index (χ1) is 6.38. The van der Waals surface area contributed by atoms with E-state index in [0.717, 1.165) is 18.4 Å². The van der Waals surface area contributed by atoms with Gasteiger partial charge in [0.15, 0.2) is 0 Å². The molecule has 0 spiro atoms. The molecule has 0 heterocycles. The molecule has 1 radical (unpaired) electrons. The van der Waals surface area contributed by atoms with Crippen LogP contribution >= 0.6 is 0 Å². The molecule has 1 saturated carbocycles. The Morgan fingerprint density at radius 2 is 2.00 bits per heavy atom. The number of hydrogen-bond donors (Lipinski definition) is 0. The Labute approximate surface area is 78.8 Å². The van der Waals surface area contributed by atoms with Crippen LogP contribution < -0.4 is 0 Å². The fourth-order valence-electron chi connectivity index (χ4n) is 2.17. The molecule has 0 unspecified atom stereocenters. The van der Waals surface area contributed by atoms with Crippen molar-refractivity contribution >= 4 is 0 Å². The van der Waals surface area contributed by atoms with E-state index in [2.05, 4.69) is 6.07 Å². The minimum Gasteiger partial charge on any atom is -0.207 e. The van der Waals surface area contributed by atoms with Gasteiger partial charge in [0.05, 0.1) is 0 Å². The summed E-state index contributed by atoms with van der Waals surface area (Å²) < 4.78 is 13.3. The van der Waals surface area contributed by atoms with Gasteiger partial charge in [0.1, 0.15) is 5.82 Å². The summed E-state index contributed by atoms with van der Waals surface area (Å²) >= 11 is 0. The van der Waals surface area contributed by atoms with Gasteiger partial charge in [-0.3, -0.25) is 0 Å². The summed E-state index contributed by atoms with van der Waals surface area (Å²) in [6.45, 7) is 0. The summed E-state index contributed by atoms with van der Waals surface area (Å²) in [5.74, 6) is 0.387. The molecule has 0 amide bonds. The second kappa shape index (κ2) is 3.91. The Bertz CT molecular complexity index is 274. The second-order valence-electron chi connectivity index (χ2n) is 3.78. The highest BCUT2D eigenvalue weighted by Crippen LogP contribution is 2.33. The van der Waals surface area contributed by atoms with Crippen LogP contribution in [0.3, 0.4) is 0 Å². The van der Waals surface area contributed by atoms with Crippen LogP contribution in [-0.2, 0) is 0 Å². The third-order valence-electron chi connectivity index (χ3n) is 2.89. The summed E-state index contributed by atoms with van der Waals surface area (Å²) in [7, 11) is 0. The molecule has 1 aliphatic rings. The van der Waals surface area contributed by atoms with Gasteiger partial charge in [0.2, 0.25) is 0 Å². The highest BCUT2D eigenvalue weighted by Gasteiger charge is 2.17. The lowest BCUT2D eigenvalue weighted by molar-refractivity contribution is 0.429. The highest BCUT2D eigenvalue weighted by molar-refractivity contribution is 5.21. The number of halogens is 1. The van der Waals surface area contributed by atoms with Crippen molar-refractivity contribution < 1.29 is 4.39 Å². The van der Waals surface area contributed by atoms with Crippen molar-refractivity contribution in [3.05, 3.63) is 35.6 Å². The topological polar surface area (TPSA) is 0 Å². The van der Waals surface area contributed by atoms with Gasteiger partial charge in [-0.05, 0) is 36.5 Å². The van der Waals surface area contributed by atoms with Crippen molar-refractivity contribution in [2.45, 2.75) is 38.0 Å². The molecule has 0 nitrogen and oxygen atoms in total. The fraction of sp³-hybridized carbons (Fsp3) is 0.500. The van der Waals surface area contributed by atoms with Crippen molar-refractivity contribution in [3.63, 3.8) is 0 Å². The summed E-state index contributed by atoms with van der Waals surface area (Å²) in [5.41, 5.74) is 0.901. The maximum atomic E-state index is 13.3. The minimum atomic E-state index is -0.0746. The molecule has 0 saturated heterocycles. The summed E-state index contributed by atoms with van der Waals surface area (Å²) in [5, 5.41) is 0. The normalized spacial score (nSPS) is 18.8. The Hall–Kier alpha value is -0.850. The average Bonchev–Trinajstić information content (AvgIpc) is 2.20. The van der Waals surface area contributed by atoms with E-state index in [1.807, 2.05) is 12.1 Å². The Balaban J connectivity index is 2.18. The van der Waals surface area contributed by atoms with Crippen molar-refractivity contribution in [1.29, 1.82) is 0 Å². The van der Waals surface area contributed by atoms with E-state index in [1.165, 1.54) is 25.3 Å². The van der Waals surface area contributed by atoms with E-state index in [4.69, 9.17) is 0 Å². The SMILES string of the molecule is Fc1c[c]ccc1C1CCCCC1. The molecule has 1 aromatic carbocycles. The fourth-order valence-corrected chi connectivity index (χ4v) is 2.17. The summed E-state index contributed by atoms with van der Waals surface area (Å²) in [6.07, 6.45) is 6.13. The number of rotatable bonds is 1. The lowest BCUT2D eigenvalue weighted by Crippen LogP contribution is -2.06. The second-order valence-corrected chi connectivity index (χ2v) is 3.78. The first-order valence-electron chi connectivity index (χ1n) is 5.03. The van der Waals surface area contributed by atoms with Gasteiger partial charge in [-0.2, -0.15) is 0 Å². The average molecular weight is 177 g/mol. The van der Waals surface area contributed by atoms with Crippen molar-refractivity contribution in [2.24, 2.45) is 0 Å². The third kappa shape index (κ3) is 1.90. The first-order valence-corrected chi connectivity index (χ1v) is 5.03. The lowest BCUT2D eigenvalue weighted by Gasteiger charge is -2.22. The molecule has 0 aromatic heterocycles. The molecule has 0 aliphatic heterocycles. The van der Waals surface area contributed by atoms with Crippen molar-refractivity contribution in [2.75, 3.05) is 0 Å². The van der Waals surface area contributed by atoms with Crippen LogP contribution in [0.1, 0.15) is 43.6 Å². The van der Waals surface area contributed by atoms with Crippen LogP contribution in [0, 0.1) is 11.9 Å². The molecule has 1 aromatic rings. The summed E-state index contributed by atoms with van der Waals surface area (Å²) in [6, 6.07) is 7.91. The van der Waals surface area contributed by atoms with E-state index in [0.29, 0.717) is 5.92 Å². The van der Waals surface area contributed by atoms with Gasteiger partial charge in [-0.15, -0.1) is 0 Å². The van der Waals surface area contributed by atoms with Gasteiger partial charge < -0.3 is 0 Å². The van der Waals surface area contributed by atoms with Crippen molar-refractivity contribution in [1.82, 2.24) is 0 Å². The van der Waals surface area contributed by atoms with Crippen molar-refractivity contribution in [3.8, 4) is 0 Å². The Morgan fingerprint density at radius 3 is 2.69 bits per heavy atom. The highest BCUT2D eigenvalue weighted by atomic mass is 19.1. The quantitative estimate of drug-likeness (QED) is 0.614. The third-order valence-corrected chi connectivity index (χ3v) is 2.89. The standard InChI is InChI=1S/C12H14F/c13-12-9-5-4-8-11(12)10-6-2-1-3-7-10/h4,8-10H,1-3,6-7H2.